The van der Waals surface area contributed by atoms with Crippen LogP contribution in [0.4, 0.5) is 17.2 Å². The molecule has 0 amide bonds. The van der Waals surface area contributed by atoms with E-state index in [1.165, 1.54) is 0 Å². The third-order valence-corrected chi connectivity index (χ3v) is 2.85. The smallest absolute Gasteiger partial charge is 0.173 e. The molecule has 0 atom stereocenters. The second-order valence-corrected chi connectivity index (χ2v) is 4.23. The van der Waals surface area contributed by atoms with E-state index in [0.717, 1.165) is 16.9 Å². The largest absolute Gasteiger partial charge is 0.380 e. The van der Waals surface area contributed by atoms with Gasteiger partial charge in [0, 0.05) is 5.56 Å². The van der Waals surface area contributed by atoms with Crippen molar-refractivity contribution in [2.45, 2.75) is 0 Å². The maximum absolute atomic E-state index is 5.85. The lowest BCUT2D eigenvalue weighted by atomic mass is 10.1. The van der Waals surface area contributed by atoms with Gasteiger partial charge in [0.15, 0.2) is 11.5 Å². The van der Waals surface area contributed by atoms with Crippen LogP contribution in [0.2, 0.25) is 0 Å². The fraction of sp³-hybridized carbons (Fsp3) is 0. The van der Waals surface area contributed by atoms with Gasteiger partial charge in [0.1, 0.15) is 0 Å². The van der Waals surface area contributed by atoms with Gasteiger partial charge >= 0.3 is 0 Å². The fourth-order valence-electron chi connectivity index (χ4n) is 1.86. The highest BCUT2D eigenvalue weighted by atomic mass is 15.2. The minimum absolute atomic E-state index is 0.337. The number of nitrogen functional groups attached to an aromatic ring is 1. The summed E-state index contributed by atoms with van der Waals surface area (Å²) in [5.74, 6) is 0.337. The Hall–Kier alpha value is -2.95. The fourth-order valence-corrected chi connectivity index (χ4v) is 1.86. The van der Waals surface area contributed by atoms with Crippen LogP contribution >= 0.6 is 0 Å². The van der Waals surface area contributed by atoms with Gasteiger partial charge in [-0.15, -0.1) is 5.11 Å². The van der Waals surface area contributed by atoms with Crippen LogP contribution in [0.25, 0.3) is 11.3 Å². The minimum atomic E-state index is 0.337. The second kappa shape index (κ2) is 5.36. The Morgan fingerprint density at radius 1 is 0.850 bits per heavy atom. The highest BCUT2D eigenvalue weighted by Gasteiger charge is 2.11. The highest BCUT2D eigenvalue weighted by Crippen LogP contribution is 2.33. The van der Waals surface area contributed by atoms with E-state index in [4.69, 9.17) is 5.73 Å². The number of hydrogen-bond donors (Lipinski definition) is 2. The molecule has 0 aliphatic carbocycles. The molecule has 2 aromatic carbocycles. The van der Waals surface area contributed by atoms with Gasteiger partial charge in [-0.2, -0.15) is 10.2 Å². The molecular weight excluding hydrogens is 250 g/mol. The van der Waals surface area contributed by atoms with Crippen LogP contribution in [0.1, 0.15) is 0 Å². The zero-order valence-electron chi connectivity index (χ0n) is 10.7. The summed E-state index contributed by atoms with van der Waals surface area (Å²) in [6, 6.07) is 19.3. The molecule has 0 aliphatic rings. The second-order valence-electron chi connectivity index (χ2n) is 4.23. The number of nitrogens with two attached hydrogens (primary N) is 1. The van der Waals surface area contributed by atoms with Crippen molar-refractivity contribution in [3.8, 4) is 11.3 Å². The van der Waals surface area contributed by atoms with Gasteiger partial charge in [-0.05, 0) is 12.1 Å². The minimum Gasteiger partial charge on any atom is -0.380 e. The number of aromatic nitrogens is 2. The van der Waals surface area contributed by atoms with E-state index in [1.54, 1.807) is 0 Å². The molecule has 3 aromatic rings. The molecule has 1 heterocycles. The number of azo groups is 1. The summed E-state index contributed by atoms with van der Waals surface area (Å²) in [5.41, 5.74) is 8.91. The Morgan fingerprint density at radius 3 is 2.20 bits per heavy atom. The van der Waals surface area contributed by atoms with Crippen molar-refractivity contribution in [2.24, 2.45) is 10.2 Å². The van der Waals surface area contributed by atoms with Gasteiger partial charge < -0.3 is 5.73 Å². The summed E-state index contributed by atoms with van der Waals surface area (Å²) in [4.78, 5) is 0. The molecule has 0 spiro atoms. The number of aromatic amines is 1. The van der Waals surface area contributed by atoms with Gasteiger partial charge in [0.05, 0.1) is 11.4 Å². The van der Waals surface area contributed by atoms with E-state index in [2.05, 4.69) is 20.4 Å². The number of H-pyrrole nitrogens is 1. The van der Waals surface area contributed by atoms with Crippen LogP contribution < -0.4 is 5.73 Å². The van der Waals surface area contributed by atoms with Gasteiger partial charge in [0.25, 0.3) is 0 Å². The average molecular weight is 263 g/mol. The molecule has 3 rings (SSSR count). The van der Waals surface area contributed by atoms with Crippen molar-refractivity contribution < 1.29 is 0 Å². The number of anilines is 1. The van der Waals surface area contributed by atoms with E-state index in [-0.39, 0.29) is 0 Å². The lowest BCUT2D eigenvalue weighted by Crippen LogP contribution is -1.83. The van der Waals surface area contributed by atoms with E-state index in [9.17, 15) is 0 Å². The Labute approximate surface area is 116 Å². The van der Waals surface area contributed by atoms with Crippen molar-refractivity contribution in [1.29, 1.82) is 0 Å². The molecule has 98 valence electrons. The quantitative estimate of drug-likeness (QED) is 0.698. The maximum Gasteiger partial charge on any atom is 0.173 e. The van der Waals surface area contributed by atoms with Gasteiger partial charge in [0.2, 0.25) is 0 Å². The number of hydrogen-bond acceptors (Lipinski definition) is 4. The van der Waals surface area contributed by atoms with Crippen molar-refractivity contribution in [1.82, 2.24) is 10.2 Å². The van der Waals surface area contributed by atoms with E-state index in [1.807, 2.05) is 60.7 Å². The number of benzene rings is 2. The van der Waals surface area contributed by atoms with E-state index in [0.29, 0.717) is 11.5 Å². The molecule has 5 heteroatoms. The topological polar surface area (TPSA) is 79.4 Å². The molecular formula is C15H13N5. The third kappa shape index (κ3) is 2.42. The van der Waals surface area contributed by atoms with Crippen LogP contribution in [0.3, 0.4) is 0 Å². The molecule has 3 N–H and O–H groups in total. The SMILES string of the molecule is Nc1n[nH]c(-c2ccccc2)c1N=Nc1ccccc1. The van der Waals surface area contributed by atoms with Gasteiger partial charge in [-0.1, -0.05) is 48.5 Å². The first-order chi connectivity index (χ1) is 9.84. The highest BCUT2D eigenvalue weighted by molar-refractivity contribution is 5.79. The first-order valence-electron chi connectivity index (χ1n) is 6.20. The summed E-state index contributed by atoms with van der Waals surface area (Å²) in [7, 11) is 0. The van der Waals surface area contributed by atoms with Crippen LogP contribution in [0.15, 0.2) is 70.9 Å². The first-order valence-corrected chi connectivity index (χ1v) is 6.20. The molecule has 0 saturated carbocycles. The zero-order valence-corrected chi connectivity index (χ0v) is 10.7. The van der Waals surface area contributed by atoms with Gasteiger partial charge in [-0.3, -0.25) is 5.10 Å². The van der Waals surface area contributed by atoms with Crippen molar-refractivity contribution >= 4 is 17.2 Å². The lowest BCUT2D eigenvalue weighted by Gasteiger charge is -1.98. The molecule has 0 saturated heterocycles. The van der Waals surface area contributed by atoms with Crippen molar-refractivity contribution in [3.63, 3.8) is 0 Å². The average Bonchev–Trinajstić information content (AvgIpc) is 2.88. The number of nitrogens with one attached hydrogen (secondary N) is 1. The van der Waals surface area contributed by atoms with Crippen molar-refractivity contribution in [3.05, 3.63) is 60.7 Å². The van der Waals surface area contributed by atoms with Crippen LogP contribution in [-0.4, -0.2) is 10.2 Å². The van der Waals surface area contributed by atoms with E-state index >= 15 is 0 Å². The molecule has 20 heavy (non-hydrogen) atoms. The van der Waals surface area contributed by atoms with Crippen LogP contribution in [0.5, 0.6) is 0 Å². The Balaban J connectivity index is 1.98. The summed E-state index contributed by atoms with van der Waals surface area (Å²) in [6.45, 7) is 0. The van der Waals surface area contributed by atoms with Crippen molar-refractivity contribution in [2.75, 3.05) is 5.73 Å². The summed E-state index contributed by atoms with van der Waals surface area (Å²) in [5, 5.41) is 15.3. The Kier molecular flexibility index (Phi) is 3.24. The Morgan fingerprint density at radius 2 is 1.50 bits per heavy atom. The third-order valence-electron chi connectivity index (χ3n) is 2.85. The lowest BCUT2D eigenvalue weighted by molar-refractivity contribution is 1.10. The molecule has 1 aromatic heterocycles. The van der Waals surface area contributed by atoms with E-state index < -0.39 is 0 Å². The molecule has 5 nitrogen and oxygen atoms in total. The zero-order chi connectivity index (χ0) is 13.8. The number of rotatable bonds is 3. The maximum atomic E-state index is 5.85. The summed E-state index contributed by atoms with van der Waals surface area (Å²) in [6.07, 6.45) is 0. The predicted octanol–water partition coefficient (Wildman–Crippen LogP) is 4.07. The first kappa shape index (κ1) is 12.1. The summed E-state index contributed by atoms with van der Waals surface area (Å²) < 4.78 is 0. The Bertz CT molecular complexity index is 717. The van der Waals surface area contributed by atoms with Gasteiger partial charge in [-0.25, -0.2) is 0 Å². The normalized spacial score (nSPS) is 11.0. The molecule has 0 fully saturated rings. The molecule has 0 aliphatic heterocycles. The van der Waals surface area contributed by atoms with Crippen LogP contribution in [0, 0.1) is 0 Å². The van der Waals surface area contributed by atoms with Crippen LogP contribution in [-0.2, 0) is 0 Å². The standard InChI is InChI=1S/C15H13N5/c16-15-14(19-17-12-9-5-2-6-10-12)13(18-20-15)11-7-3-1-4-8-11/h1-10H,(H3,16,18,20). The molecule has 0 bridgehead atoms. The number of nitrogens with zero attached hydrogens (tertiary/aromatic N) is 3. The summed E-state index contributed by atoms with van der Waals surface area (Å²) >= 11 is 0. The molecule has 0 unspecified atom stereocenters. The molecule has 0 radical (unpaired) electrons. The monoisotopic (exact) mass is 263 g/mol. The predicted molar refractivity (Wildman–Crippen MR) is 79.1 cm³/mol.